The lowest BCUT2D eigenvalue weighted by molar-refractivity contribution is -0.382. The smallest absolute Gasteiger partial charge is 0.331 e. The second-order valence-electron chi connectivity index (χ2n) is 15.9. The number of phenolic OH excluding ortho intramolecular Hbond substituents is 4. The van der Waals surface area contributed by atoms with Crippen LogP contribution >= 0.6 is 0 Å². The minimum absolute atomic E-state index is 0.0272. The third-order valence-electron chi connectivity index (χ3n) is 11.7. The van der Waals surface area contributed by atoms with Crippen LogP contribution in [0.25, 0.3) is 28.4 Å². The van der Waals surface area contributed by atoms with E-state index >= 15 is 0 Å². The average Bonchev–Trinajstić information content (AvgIpc) is 3.32. The number of ether oxygens (including phenoxy) is 8. The van der Waals surface area contributed by atoms with E-state index in [2.05, 4.69) is 0 Å². The summed E-state index contributed by atoms with van der Waals surface area (Å²) in [6, 6.07) is 9.97. The van der Waals surface area contributed by atoms with Gasteiger partial charge in [0.05, 0.1) is 39.6 Å². The lowest BCUT2D eigenvalue weighted by Crippen LogP contribution is -2.66. The molecule has 370 valence electrons. The molecule has 3 aromatic carbocycles. The molecule has 0 aliphatic carbocycles. The highest BCUT2D eigenvalue weighted by Crippen LogP contribution is 2.47. The maximum absolute atomic E-state index is 13.8. The van der Waals surface area contributed by atoms with E-state index < -0.39 is 146 Å². The molecule has 3 aliphatic heterocycles. The summed E-state index contributed by atoms with van der Waals surface area (Å²) in [5.74, 6) is -3.55. The summed E-state index contributed by atoms with van der Waals surface area (Å²) in [5.41, 5.74) is -1.40. The molecule has 15 atom stereocenters. The van der Waals surface area contributed by atoms with Gasteiger partial charge in [-0.2, -0.15) is 0 Å². The minimum Gasteiger partial charge on any atom is -0.507 e. The molecule has 24 nitrogen and oxygen atoms in total. The van der Waals surface area contributed by atoms with Crippen molar-refractivity contribution in [3.8, 4) is 45.8 Å². The molecule has 0 bridgehead atoms. The van der Waals surface area contributed by atoms with E-state index in [1.807, 2.05) is 0 Å². The largest absolute Gasteiger partial charge is 0.507 e. The molecule has 0 amide bonds. The zero-order valence-electron chi connectivity index (χ0n) is 35.9. The number of fused-ring (bicyclic) bond motifs is 1. The normalized spacial score (nSPS) is 32.0. The summed E-state index contributed by atoms with van der Waals surface area (Å²) >= 11 is 0. The second-order valence-corrected chi connectivity index (χ2v) is 15.9. The number of hydrogen-bond acceptors (Lipinski definition) is 24. The number of esters is 1. The molecule has 13 N–H and O–H groups in total. The van der Waals surface area contributed by atoms with Gasteiger partial charge < -0.3 is 109 Å². The molecule has 4 aromatic rings. The molecule has 7 rings (SSSR count). The highest BCUT2D eigenvalue weighted by atomic mass is 16.8. The van der Waals surface area contributed by atoms with Gasteiger partial charge in [-0.3, -0.25) is 4.79 Å². The number of carbonyl (C=O) groups is 1. The summed E-state index contributed by atoms with van der Waals surface area (Å²) in [5, 5.41) is 139. The van der Waals surface area contributed by atoms with Crippen molar-refractivity contribution >= 4 is 23.0 Å². The second kappa shape index (κ2) is 20.9. The Kier molecular flexibility index (Phi) is 15.4. The molecule has 3 aliphatic rings. The van der Waals surface area contributed by atoms with Crippen molar-refractivity contribution < 1.29 is 113 Å². The molecular formula is C44H50O24. The fourth-order valence-electron chi connectivity index (χ4n) is 8.09. The van der Waals surface area contributed by atoms with Crippen LogP contribution in [0.15, 0.2) is 63.8 Å². The molecule has 0 radical (unpaired) electrons. The average molecular weight is 963 g/mol. The van der Waals surface area contributed by atoms with E-state index in [0.29, 0.717) is 5.56 Å². The molecule has 3 saturated heterocycles. The van der Waals surface area contributed by atoms with E-state index in [-0.39, 0.29) is 39.9 Å². The van der Waals surface area contributed by atoms with Crippen LogP contribution in [0.3, 0.4) is 0 Å². The lowest BCUT2D eigenvalue weighted by Gasteiger charge is -2.49. The van der Waals surface area contributed by atoms with E-state index in [1.54, 1.807) is 0 Å². The SMILES string of the molecule is COc1cc(C=CC(=O)OC2C(c3c(O)cc4oc(-c5ccc(O)c(OC)c5)cc(=O)c4c3O)OC(CO)C(O)C2OC2OC(CO)C(O)C(O)C2OC2OC(CO)C(O)C(O)C2O)ccc1O. The van der Waals surface area contributed by atoms with Gasteiger partial charge in [-0.05, 0) is 42.0 Å². The van der Waals surface area contributed by atoms with Crippen LogP contribution in [0, 0.1) is 0 Å². The summed E-state index contributed by atoms with van der Waals surface area (Å²) < 4.78 is 51.1. The van der Waals surface area contributed by atoms with Crippen LogP contribution in [0.5, 0.6) is 34.5 Å². The first kappa shape index (κ1) is 50.2. The number of aliphatic hydroxyl groups is 9. The number of aromatic hydroxyl groups is 4. The van der Waals surface area contributed by atoms with Crippen LogP contribution in [0.4, 0.5) is 0 Å². The summed E-state index contributed by atoms with van der Waals surface area (Å²) in [6.07, 6.45) is -27.2. The van der Waals surface area contributed by atoms with Crippen LogP contribution in [0.1, 0.15) is 17.2 Å². The number of methoxy groups -OCH3 is 2. The van der Waals surface area contributed by atoms with Gasteiger partial charge in [-0.25, -0.2) is 4.79 Å². The number of rotatable bonds is 14. The van der Waals surface area contributed by atoms with E-state index in [9.17, 15) is 76.0 Å². The third kappa shape index (κ3) is 9.78. The Bertz CT molecular complexity index is 2510. The quantitative estimate of drug-likeness (QED) is 0.0468. The van der Waals surface area contributed by atoms with E-state index in [4.69, 9.17) is 42.3 Å². The molecular weight excluding hydrogens is 912 g/mol. The minimum atomic E-state index is -2.12. The van der Waals surface area contributed by atoms with Crippen LogP contribution in [0.2, 0.25) is 0 Å². The summed E-state index contributed by atoms with van der Waals surface area (Å²) in [4.78, 5) is 27.6. The highest BCUT2D eigenvalue weighted by molar-refractivity contribution is 5.89. The van der Waals surface area contributed by atoms with Crippen molar-refractivity contribution in [3.63, 3.8) is 0 Å². The Balaban J connectivity index is 1.32. The van der Waals surface area contributed by atoms with E-state index in [1.165, 1.54) is 56.7 Å². The van der Waals surface area contributed by atoms with Crippen molar-refractivity contribution in [3.05, 3.63) is 76.0 Å². The first-order valence-corrected chi connectivity index (χ1v) is 20.8. The van der Waals surface area contributed by atoms with Crippen LogP contribution in [-0.2, 0) is 33.2 Å². The van der Waals surface area contributed by atoms with Crippen LogP contribution < -0.4 is 14.9 Å². The Morgan fingerprint density at radius 2 is 1.22 bits per heavy atom. The van der Waals surface area contributed by atoms with Gasteiger partial charge in [0.1, 0.15) is 101 Å². The van der Waals surface area contributed by atoms with Gasteiger partial charge in [-0.1, -0.05) is 6.07 Å². The van der Waals surface area contributed by atoms with Gasteiger partial charge in [0.2, 0.25) is 0 Å². The zero-order valence-corrected chi connectivity index (χ0v) is 35.9. The molecule has 24 heteroatoms. The fourth-order valence-corrected chi connectivity index (χ4v) is 8.09. The van der Waals surface area contributed by atoms with Crippen molar-refractivity contribution in [2.24, 2.45) is 0 Å². The van der Waals surface area contributed by atoms with Gasteiger partial charge >= 0.3 is 5.97 Å². The Hall–Kier alpha value is -5.68. The number of phenols is 4. The number of aliphatic hydroxyl groups excluding tert-OH is 9. The van der Waals surface area contributed by atoms with Gasteiger partial charge in [0.15, 0.2) is 47.1 Å². The van der Waals surface area contributed by atoms with E-state index in [0.717, 1.165) is 18.2 Å². The van der Waals surface area contributed by atoms with Crippen molar-refractivity contribution in [2.75, 3.05) is 34.0 Å². The maximum Gasteiger partial charge on any atom is 0.331 e. The molecule has 15 unspecified atom stereocenters. The van der Waals surface area contributed by atoms with Gasteiger partial charge in [0, 0.05) is 23.8 Å². The van der Waals surface area contributed by atoms with Gasteiger partial charge in [-0.15, -0.1) is 0 Å². The Morgan fingerprint density at radius 3 is 1.87 bits per heavy atom. The third-order valence-corrected chi connectivity index (χ3v) is 11.7. The van der Waals surface area contributed by atoms with Crippen molar-refractivity contribution in [2.45, 2.75) is 91.9 Å². The molecule has 0 spiro atoms. The Labute approximate surface area is 383 Å². The maximum atomic E-state index is 13.8. The lowest BCUT2D eigenvalue weighted by atomic mass is 9.88. The summed E-state index contributed by atoms with van der Waals surface area (Å²) in [6.45, 7) is -2.90. The van der Waals surface area contributed by atoms with Crippen molar-refractivity contribution in [1.82, 2.24) is 0 Å². The number of hydrogen-bond donors (Lipinski definition) is 13. The first-order valence-electron chi connectivity index (χ1n) is 20.8. The Morgan fingerprint density at radius 1 is 0.632 bits per heavy atom. The highest BCUT2D eigenvalue weighted by Gasteiger charge is 2.56. The predicted octanol–water partition coefficient (Wildman–Crippen LogP) is -2.27. The fraction of sp³-hybridized carbons (Fsp3) is 0.455. The number of carbonyl (C=O) groups excluding carboxylic acids is 1. The number of benzene rings is 3. The molecule has 68 heavy (non-hydrogen) atoms. The monoisotopic (exact) mass is 962 g/mol. The summed E-state index contributed by atoms with van der Waals surface area (Å²) in [7, 11) is 2.58. The molecule has 4 heterocycles. The standard InChI is InChI=1S/C44H50O24/c1-60-23-9-16(3-6-18(23)48)4-8-29(52)66-42-39(31-21(51)12-25-30(35(31)56)20(50)11-22(62-25)17-5-7-19(49)24(10-17)61-2)63-28(15-47)34(55)40(42)67-44-41(37(58)33(54)27(14-46)65-44)68-43-38(59)36(57)32(53)26(13-45)64-43/h3-12,26-28,32-34,36-49,51,53-59H,13-15H2,1-2H3. The van der Waals surface area contributed by atoms with Crippen LogP contribution in [-0.4, -0.2) is 192 Å². The topological polar surface area (TPSA) is 384 Å². The van der Waals surface area contributed by atoms with Gasteiger partial charge in [0.25, 0.3) is 0 Å². The first-order chi connectivity index (χ1) is 32.4. The zero-order chi connectivity index (χ0) is 49.3. The predicted molar refractivity (Wildman–Crippen MR) is 225 cm³/mol. The molecule has 1 aromatic heterocycles. The molecule has 3 fully saturated rings. The van der Waals surface area contributed by atoms with Crippen molar-refractivity contribution in [1.29, 1.82) is 0 Å². The molecule has 0 saturated carbocycles.